The van der Waals surface area contributed by atoms with Crippen LogP contribution < -0.4 is 9.83 Å². The van der Waals surface area contributed by atoms with Crippen LogP contribution in [0.2, 0.25) is 0 Å². The predicted octanol–water partition coefficient (Wildman–Crippen LogP) is -0.432. The highest BCUT2D eigenvalue weighted by atomic mass is 32.2. The number of carboxylic acids is 1. The van der Waals surface area contributed by atoms with Gasteiger partial charge in [-0.05, 0) is 18.6 Å². The number of hydrogen-bond donors (Lipinski definition) is 1. The lowest BCUT2D eigenvalue weighted by molar-refractivity contribution is -0.384. The lowest BCUT2D eigenvalue weighted by Gasteiger charge is -2.17. The second kappa shape index (κ2) is 6.26. The first kappa shape index (κ1) is 15.8. The molecule has 0 heterocycles. The molecular weight excluding hydrogens is 288 g/mol. The number of rotatable bonds is 7. The van der Waals surface area contributed by atoms with Crippen LogP contribution in [0.15, 0.2) is 41.8 Å². The topological polar surface area (TPSA) is 129 Å². The average molecular weight is 299 g/mol. The van der Waals surface area contributed by atoms with Gasteiger partial charge in [0.25, 0.3) is 5.69 Å². The molecule has 0 aliphatic heterocycles. The number of nitrogens with zero attached hydrogens (tertiary/aromatic N) is 1. The van der Waals surface area contributed by atoms with Crippen LogP contribution in [0.3, 0.4) is 0 Å². The summed E-state index contributed by atoms with van der Waals surface area (Å²) in [5, 5.41) is 21.2. The van der Waals surface area contributed by atoms with Gasteiger partial charge in [0.05, 0.1) is 21.8 Å². The van der Waals surface area contributed by atoms with Crippen LogP contribution in [0, 0.1) is 10.1 Å². The van der Waals surface area contributed by atoms with E-state index in [1.807, 2.05) is 4.72 Å². The standard InChI is InChI=1S/C11H12N2O6S/c1-2-3-10(11(14)15)12-20(18,19)9-6-4-8(5-7-9)13(16)17/h2,4-7,10,12H,1,3H2,(H,14,15)/p-1. The summed E-state index contributed by atoms with van der Waals surface area (Å²) in [5.41, 5.74) is -0.272. The largest absolute Gasteiger partial charge is 0.548 e. The summed E-state index contributed by atoms with van der Waals surface area (Å²) in [4.78, 5) is 20.3. The van der Waals surface area contributed by atoms with E-state index in [0.29, 0.717) is 0 Å². The summed E-state index contributed by atoms with van der Waals surface area (Å²) in [6, 6.07) is 2.60. The second-order valence-corrected chi connectivity index (χ2v) is 5.48. The molecule has 20 heavy (non-hydrogen) atoms. The number of carbonyl (C=O) groups excluding carboxylic acids is 1. The van der Waals surface area contributed by atoms with E-state index in [9.17, 15) is 28.4 Å². The van der Waals surface area contributed by atoms with Crippen molar-refractivity contribution in [3.05, 3.63) is 47.0 Å². The first-order chi connectivity index (χ1) is 9.27. The zero-order chi connectivity index (χ0) is 15.3. The molecule has 9 heteroatoms. The van der Waals surface area contributed by atoms with E-state index in [-0.39, 0.29) is 17.0 Å². The number of nitro groups is 1. The van der Waals surface area contributed by atoms with Gasteiger partial charge in [-0.15, -0.1) is 6.58 Å². The fourth-order valence-electron chi connectivity index (χ4n) is 1.36. The summed E-state index contributed by atoms with van der Waals surface area (Å²) in [7, 11) is -4.11. The molecule has 0 radical (unpaired) electrons. The second-order valence-electron chi connectivity index (χ2n) is 3.77. The Morgan fingerprint density at radius 2 is 1.95 bits per heavy atom. The predicted molar refractivity (Wildman–Crippen MR) is 67.0 cm³/mol. The summed E-state index contributed by atoms with van der Waals surface area (Å²) < 4.78 is 25.7. The fourth-order valence-corrected chi connectivity index (χ4v) is 2.56. The van der Waals surface area contributed by atoms with Crippen molar-refractivity contribution in [2.45, 2.75) is 17.4 Å². The van der Waals surface area contributed by atoms with E-state index in [0.717, 1.165) is 24.3 Å². The first-order valence-electron chi connectivity index (χ1n) is 5.36. The normalized spacial score (nSPS) is 12.6. The van der Waals surface area contributed by atoms with Gasteiger partial charge in [-0.3, -0.25) is 10.1 Å². The Morgan fingerprint density at radius 3 is 2.35 bits per heavy atom. The highest BCUT2D eigenvalue weighted by molar-refractivity contribution is 7.89. The van der Waals surface area contributed by atoms with E-state index < -0.39 is 27.0 Å². The maximum atomic E-state index is 11.9. The molecule has 0 fully saturated rings. The quantitative estimate of drug-likeness (QED) is 0.413. The number of aliphatic carboxylic acids is 1. The Kier molecular flexibility index (Phi) is 4.94. The molecule has 0 saturated carbocycles. The summed E-state index contributed by atoms with van der Waals surface area (Å²) in [6.45, 7) is 3.32. The Bertz CT molecular complexity index is 623. The van der Waals surface area contributed by atoms with Crippen LogP contribution in [0.4, 0.5) is 5.69 Å². The molecular formula is C11H11N2O6S-. The van der Waals surface area contributed by atoms with Crippen LogP contribution in [0.5, 0.6) is 0 Å². The minimum absolute atomic E-state index is 0.144. The summed E-state index contributed by atoms with van der Waals surface area (Å²) >= 11 is 0. The number of non-ortho nitro benzene ring substituents is 1. The maximum Gasteiger partial charge on any atom is 0.269 e. The van der Waals surface area contributed by atoms with Crippen LogP contribution in [0.25, 0.3) is 0 Å². The molecule has 1 unspecified atom stereocenters. The lowest BCUT2D eigenvalue weighted by atomic mass is 10.2. The van der Waals surface area contributed by atoms with Gasteiger partial charge in [-0.2, -0.15) is 0 Å². The van der Waals surface area contributed by atoms with Gasteiger partial charge in [-0.1, -0.05) is 6.08 Å². The zero-order valence-electron chi connectivity index (χ0n) is 10.2. The van der Waals surface area contributed by atoms with E-state index in [1.165, 1.54) is 6.08 Å². The highest BCUT2D eigenvalue weighted by Gasteiger charge is 2.20. The van der Waals surface area contributed by atoms with E-state index in [2.05, 4.69) is 6.58 Å². The Hall–Kier alpha value is -2.26. The summed E-state index contributed by atoms with van der Waals surface area (Å²) in [5.74, 6) is -1.59. The molecule has 108 valence electrons. The molecule has 1 rings (SSSR count). The van der Waals surface area contributed by atoms with Crippen LogP contribution >= 0.6 is 0 Å². The van der Waals surface area contributed by atoms with Gasteiger partial charge in [0.15, 0.2) is 0 Å². The number of nitro benzene ring substituents is 1. The molecule has 1 atom stereocenters. The van der Waals surface area contributed by atoms with Crippen LogP contribution in [-0.2, 0) is 14.8 Å². The Balaban J connectivity index is 3.00. The highest BCUT2D eigenvalue weighted by Crippen LogP contribution is 2.16. The number of benzene rings is 1. The van der Waals surface area contributed by atoms with Crippen molar-refractivity contribution in [2.24, 2.45) is 0 Å². The van der Waals surface area contributed by atoms with Gasteiger partial charge >= 0.3 is 0 Å². The number of nitrogens with one attached hydrogen (secondary N) is 1. The fraction of sp³-hybridized carbons (Fsp3) is 0.182. The van der Waals surface area contributed by atoms with Gasteiger partial charge in [-0.25, -0.2) is 13.1 Å². The van der Waals surface area contributed by atoms with Crippen molar-refractivity contribution in [1.29, 1.82) is 0 Å². The van der Waals surface area contributed by atoms with Gasteiger partial charge in [0.1, 0.15) is 0 Å². The van der Waals surface area contributed by atoms with Crippen molar-refractivity contribution in [3.63, 3.8) is 0 Å². The third-order valence-corrected chi connectivity index (χ3v) is 3.83. The molecule has 8 nitrogen and oxygen atoms in total. The number of carboxylic acid groups (broad SMARTS) is 1. The maximum absolute atomic E-state index is 11.9. The van der Waals surface area contributed by atoms with Crippen molar-refractivity contribution >= 4 is 21.7 Å². The molecule has 0 saturated heterocycles. The molecule has 0 spiro atoms. The molecule has 0 aliphatic rings. The molecule has 1 aromatic rings. The third kappa shape index (κ3) is 3.87. The molecule has 0 aliphatic carbocycles. The van der Waals surface area contributed by atoms with Crippen LogP contribution in [0.1, 0.15) is 6.42 Å². The van der Waals surface area contributed by atoms with E-state index in [1.54, 1.807) is 0 Å². The Labute approximate surface area is 114 Å². The van der Waals surface area contributed by atoms with Crippen molar-refractivity contribution in [2.75, 3.05) is 0 Å². The monoisotopic (exact) mass is 299 g/mol. The third-order valence-electron chi connectivity index (χ3n) is 2.34. The molecule has 0 amide bonds. The van der Waals surface area contributed by atoms with Crippen molar-refractivity contribution in [1.82, 2.24) is 4.72 Å². The smallest absolute Gasteiger partial charge is 0.269 e. The number of hydrogen-bond acceptors (Lipinski definition) is 6. The Morgan fingerprint density at radius 1 is 1.40 bits per heavy atom. The first-order valence-corrected chi connectivity index (χ1v) is 6.85. The van der Waals surface area contributed by atoms with Crippen molar-refractivity contribution in [3.8, 4) is 0 Å². The average Bonchev–Trinajstić information content (AvgIpc) is 2.38. The van der Waals surface area contributed by atoms with Gasteiger partial charge < -0.3 is 9.90 Å². The SMILES string of the molecule is C=CCC(NS(=O)(=O)c1ccc([N+](=O)[O-])cc1)C(=O)[O-]. The van der Waals surface area contributed by atoms with Gasteiger partial charge in [0, 0.05) is 12.1 Å². The van der Waals surface area contributed by atoms with Crippen LogP contribution in [-0.4, -0.2) is 25.4 Å². The lowest BCUT2D eigenvalue weighted by Crippen LogP contribution is -2.47. The molecule has 1 N–H and O–H groups in total. The van der Waals surface area contributed by atoms with E-state index >= 15 is 0 Å². The molecule has 1 aromatic carbocycles. The van der Waals surface area contributed by atoms with E-state index in [4.69, 9.17) is 0 Å². The minimum atomic E-state index is -4.11. The molecule has 0 bridgehead atoms. The molecule has 0 aromatic heterocycles. The van der Waals surface area contributed by atoms with Crippen molar-refractivity contribution < 1.29 is 23.2 Å². The zero-order valence-corrected chi connectivity index (χ0v) is 11.0. The minimum Gasteiger partial charge on any atom is -0.548 e. The number of sulfonamides is 1. The summed E-state index contributed by atoms with van der Waals surface area (Å²) in [6.07, 6.45) is 1.09. The van der Waals surface area contributed by atoms with Gasteiger partial charge in [0.2, 0.25) is 10.0 Å². The number of carbonyl (C=O) groups is 1.